The van der Waals surface area contributed by atoms with Gasteiger partial charge in [-0.3, -0.25) is 4.98 Å². The van der Waals surface area contributed by atoms with Gasteiger partial charge in [0.2, 0.25) is 0 Å². The van der Waals surface area contributed by atoms with E-state index in [-0.39, 0.29) is 12.1 Å². The SMILES string of the molecule is COCCN1C(=S)N[C@@H](c2ccccn2)[C@H]1c1cccn1-c1ccc(C)cc1. The Hall–Kier alpha value is -2.70. The number of nitrogens with zero attached hydrogens (tertiary/aromatic N) is 3. The van der Waals surface area contributed by atoms with Crippen molar-refractivity contribution in [3.8, 4) is 5.69 Å². The van der Waals surface area contributed by atoms with E-state index in [1.807, 2.05) is 24.4 Å². The van der Waals surface area contributed by atoms with Gasteiger partial charge in [-0.2, -0.15) is 0 Å². The Morgan fingerprint density at radius 1 is 1.11 bits per heavy atom. The summed E-state index contributed by atoms with van der Waals surface area (Å²) >= 11 is 5.68. The number of hydrogen-bond donors (Lipinski definition) is 1. The van der Waals surface area contributed by atoms with Gasteiger partial charge in [0.25, 0.3) is 0 Å². The summed E-state index contributed by atoms with van der Waals surface area (Å²) in [6, 6.07) is 18.8. The molecule has 6 heteroatoms. The number of hydrogen-bond acceptors (Lipinski definition) is 3. The highest BCUT2D eigenvalue weighted by molar-refractivity contribution is 7.80. The zero-order valence-electron chi connectivity index (χ0n) is 16.1. The summed E-state index contributed by atoms with van der Waals surface area (Å²) in [6.07, 6.45) is 3.93. The molecule has 0 amide bonds. The van der Waals surface area contributed by atoms with Gasteiger partial charge in [0.1, 0.15) is 0 Å². The summed E-state index contributed by atoms with van der Waals surface area (Å²) in [5.41, 5.74) is 4.53. The lowest BCUT2D eigenvalue weighted by molar-refractivity contribution is 0.163. The third-order valence-electron chi connectivity index (χ3n) is 5.13. The zero-order chi connectivity index (χ0) is 19.5. The molecule has 2 aromatic heterocycles. The predicted octanol–water partition coefficient (Wildman–Crippen LogP) is 3.80. The summed E-state index contributed by atoms with van der Waals surface area (Å²) in [4.78, 5) is 6.80. The number of methoxy groups -OCH3 is 1. The van der Waals surface area contributed by atoms with Gasteiger partial charge in [-0.1, -0.05) is 23.8 Å². The van der Waals surface area contributed by atoms with Crippen LogP contribution in [-0.2, 0) is 4.74 Å². The highest BCUT2D eigenvalue weighted by Gasteiger charge is 2.40. The van der Waals surface area contributed by atoms with E-state index < -0.39 is 0 Å². The van der Waals surface area contributed by atoms with Crippen LogP contribution < -0.4 is 5.32 Å². The second-order valence-electron chi connectivity index (χ2n) is 6.95. The van der Waals surface area contributed by atoms with E-state index in [1.165, 1.54) is 11.3 Å². The van der Waals surface area contributed by atoms with Crippen LogP contribution in [0, 0.1) is 6.92 Å². The number of thiocarbonyl (C=S) groups is 1. The molecule has 0 bridgehead atoms. The normalized spacial score (nSPS) is 19.1. The maximum absolute atomic E-state index is 5.68. The maximum atomic E-state index is 5.68. The molecule has 0 spiro atoms. The standard InChI is InChI=1S/C22H24N4OS/c1-16-8-10-17(11-9-16)25-13-5-7-19(25)21-20(18-6-3-4-12-23-18)24-22(28)26(21)14-15-27-2/h3-13,20-21H,14-15H2,1-2H3,(H,24,28)/t20-,21+/m0/s1. The first-order valence-corrected chi connectivity index (χ1v) is 9.81. The van der Waals surface area contributed by atoms with E-state index in [2.05, 4.69) is 69.3 Å². The van der Waals surface area contributed by atoms with Crippen LogP contribution in [0.25, 0.3) is 5.69 Å². The minimum atomic E-state index is -0.0235. The Labute approximate surface area is 171 Å². The Morgan fingerprint density at radius 3 is 2.64 bits per heavy atom. The quantitative estimate of drug-likeness (QED) is 0.647. The fraction of sp³-hybridized carbons (Fsp3) is 0.273. The number of aryl methyl sites for hydroxylation is 1. The van der Waals surface area contributed by atoms with Crippen molar-refractivity contribution in [1.82, 2.24) is 19.8 Å². The number of aromatic nitrogens is 2. The van der Waals surface area contributed by atoms with E-state index in [9.17, 15) is 0 Å². The van der Waals surface area contributed by atoms with Gasteiger partial charge in [-0.05, 0) is 55.5 Å². The van der Waals surface area contributed by atoms with Gasteiger partial charge in [0.15, 0.2) is 5.11 Å². The van der Waals surface area contributed by atoms with Gasteiger partial charge in [0.05, 0.1) is 24.4 Å². The van der Waals surface area contributed by atoms with Crippen LogP contribution in [0.2, 0.25) is 0 Å². The number of ether oxygens (including phenoxy) is 1. The monoisotopic (exact) mass is 392 g/mol. The minimum absolute atomic E-state index is 0.0221. The van der Waals surface area contributed by atoms with Crippen LogP contribution >= 0.6 is 12.2 Å². The number of pyridine rings is 1. The third kappa shape index (κ3) is 3.53. The number of rotatable bonds is 6. The topological polar surface area (TPSA) is 42.3 Å². The van der Waals surface area contributed by atoms with Crippen LogP contribution in [0.4, 0.5) is 0 Å². The van der Waals surface area contributed by atoms with Crippen molar-refractivity contribution >= 4 is 17.3 Å². The van der Waals surface area contributed by atoms with E-state index in [1.54, 1.807) is 7.11 Å². The van der Waals surface area contributed by atoms with Gasteiger partial charge >= 0.3 is 0 Å². The predicted molar refractivity (Wildman–Crippen MR) is 115 cm³/mol. The fourth-order valence-electron chi connectivity index (χ4n) is 3.73. The molecule has 1 aromatic carbocycles. The molecule has 1 fully saturated rings. The van der Waals surface area contributed by atoms with E-state index in [0.29, 0.717) is 6.61 Å². The van der Waals surface area contributed by atoms with Crippen LogP contribution in [-0.4, -0.2) is 39.8 Å². The third-order valence-corrected chi connectivity index (χ3v) is 5.48. The van der Waals surface area contributed by atoms with Crippen molar-refractivity contribution in [2.45, 2.75) is 19.0 Å². The Balaban J connectivity index is 1.78. The van der Waals surface area contributed by atoms with Crippen LogP contribution in [0.3, 0.4) is 0 Å². The highest BCUT2D eigenvalue weighted by Crippen LogP contribution is 2.39. The van der Waals surface area contributed by atoms with Crippen molar-refractivity contribution in [2.24, 2.45) is 0 Å². The molecule has 28 heavy (non-hydrogen) atoms. The molecular weight excluding hydrogens is 368 g/mol. The summed E-state index contributed by atoms with van der Waals surface area (Å²) in [7, 11) is 1.72. The summed E-state index contributed by atoms with van der Waals surface area (Å²) in [5.74, 6) is 0. The number of benzene rings is 1. The summed E-state index contributed by atoms with van der Waals surface area (Å²) in [5, 5.41) is 4.21. The van der Waals surface area contributed by atoms with Crippen molar-refractivity contribution in [1.29, 1.82) is 0 Å². The van der Waals surface area contributed by atoms with Crippen molar-refractivity contribution in [2.75, 3.05) is 20.3 Å². The van der Waals surface area contributed by atoms with Gasteiger partial charge in [-0.25, -0.2) is 0 Å². The lowest BCUT2D eigenvalue weighted by Gasteiger charge is -2.28. The average molecular weight is 393 g/mol. The minimum Gasteiger partial charge on any atom is -0.383 e. The lowest BCUT2D eigenvalue weighted by atomic mass is 10.0. The molecule has 2 atom stereocenters. The molecule has 1 aliphatic heterocycles. The fourth-order valence-corrected chi connectivity index (χ4v) is 4.06. The Bertz CT molecular complexity index is 939. The highest BCUT2D eigenvalue weighted by atomic mass is 32.1. The van der Waals surface area contributed by atoms with Crippen molar-refractivity contribution in [3.05, 3.63) is 83.9 Å². The molecule has 1 saturated heterocycles. The molecule has 144 valence electrons. The molecule has 1 aliphatic rings. The average Bonchev–Trinajstić information content (AvgIpc) is 3.32. The molecule has 4 rings (SSSR count). The van der Waals surface area contributed by atoms with Crippen molar-refractivity contribution in [3.63, 3.8) is 0 Å². The summed E-state index contributed by atoms with van der Waals surface area (Å²) in [6.45, 7) is 3.43. The van der Waals surface area contributed by atoms with Crippen LogP contribution in [0.5, 0.6) is 0 Å². The first-order chi connectivity index (χ1) is 13.7. The molecule has 0 aliphatic carbocycles. The number of nitrogens with one attached hydrogen (secondary N) is 1. The molecule has 0 radical (unpaired) electrons. The molecule has 3 heterocycles. The van der Waals surface area contributed by atoms with E-state index in [4.69, 9.17) is 17.0 Å². The zero-order valence-corrected chi connectivity index (χ0v) is 16.9. The van der Waals surface area contributed by atoms with Crippen molar-refractivity contribution < 1.29 is 4.74 Å². The van der Waals surface area contributed by atoms with Crippen LogP contribution in [0.15, 0.2) is 67.0 Å². The molecule has 5 nitrogen and oxygen atoms in total. The first kappa shape index (κ1) is 18.7. The molecule has 0 unspecified atom stereocenters. The second kappa shape index (κ2) is 8.12. The van der Waals surface area contributed by atoms with Gasteiger partial charge < -0.3 is 19.5 Å². The maximum Gasteiger partial charge on any atom is 0.170 e. The molecule has 1 N–H and O–H groups in total. The van der Waals surface area contributed by atoms with Gasteiger partial charge in [0, 0.05) is 37.4 Å². The Morgan fingerprint density at radius 2 is 1.93 bits per heavy atom. The molecule has 0 saturated carbocycles. The molecule has 3 aromatic rings. The lowest BCUT2D eigenvalue weighted by Crippen LogP contribution is -2.33. The summed E-state index contributed by atoms with van der Waals surface area (Å²) < 4.78 is 7.57. The Kier molecular flexibility index (Phi) is 5.41. The van der Waals surface area contributed by atoms with E-state index >= 15 is 0 Å². The second-order valence-corrected chi connectivity index (χ2v) is 7.34. The molecular formula is C22H24N4OS. The first-order valence-electron chi connectivity index (χ1n) is 9.40. The van der Waals surface area contributed by atoms with Crippen LogP contribution in [0.1, 0.15) is 29.0 Å². The smallest absolute Gasteiger partial charge is 0.170 e. The van der Waals surface area contributed by atoms with Gasteiger partial charge in [-0.15, -0.1) is 0 Å². The largest absolute Gasteiger partial charge is 0.383 e. The van der Waals surface area contributed by atoms with E-state index in [0.717, 1.165) is 23.0 Å².